The fourth-order valence-electron chi connectivity index (χ4n) is 2.96. The Bertz CT molecular complexity index is 514. The van der Waals surface area contributed by atoms with E-state index >= 15 is 0 Å². The summed E-state index contributed by atoms with van der Waals surface area (Å²) in [6.07, 6.45) is 1.07. The highest BCUT2D eigenvalue weighted by atomic mass is 35.5. The fraction of sp³-hybridized carbons (Fsp3) is 0.611. The van der Waals surface area contributed by atoms with Crippen molar-refractivity contribution in [2.75, 3.05) is 33.3 Å². The third-order valence-corrected chi connectivity index (χ3v) is 4.18. The number of hydrogen-bond acceptors (Lipinski definition) is 3. The maximum absolute atomic E-state index is 12.3. The monoisotopic (exact) mass is 340 g/mol. The minimum atomic E-state index is 0. The summed E-state index contributed by atoms with van der Waals surface area (Å²) in [6.45, 7) is 9.23. The van der Waals surface area contributed by atoms with Crippen LogP contribution in [-0.2, 0) is 10.2 Å². The van der Waals surface area contributed by atoms with Crippen LogP contribution in [0.25, 0.3) is 0 Å². The Morgan fingerprint density at radius 1 is 1.35 bits per heavy atom. The average Bonchev–Trinajstić information content (AvgIpc) is 2.93. The van der Waals surface area contributed by atoms with Crippen molar-refractivity contribution in [3.63, 3.8) is 0 Å². The molecule has 0 bridgehead atoms. The first-order chi connectivity index (χ1) is 10.4. The van der Waals surface area contributed by atoms with Gasteiger partial charge in [0.05, 0.1) is 0 Å². The zero-order valence-corrected chi connectivity index (χ0v) is 15.4. The number of ether oxygens (including phenoxy) is 1. The Balaban J connectivity index is 0.00000264. The molecule has 1 amide bonds. The molecule has 0 aliphatic carbocycles. The van der Waals surface area contributed by atoms with Crippen LogP contribution in [0.15, 0.2) is 24.3 Å². The Morgan fingerprint density at radius 3 is 2.70 bits per heavy atom. The summed E-state index contributed by atoms with van der Waals surface area (Å²) < 4.78 is 5.83. The highest BCUT2D eigenvalue weighted by Crippen LogP contribution is 2.31. The predicted octanol–water partition coefficient (Wildman–Crippen LogP) is 2.85. The van der Waals surface area contributed by atoms with E-state index in [2.05, 4.69) is 32.2 Å². The second kappa shape index (κ2) is 8.55. The first kappa shape index (κ1) is 19.8. The maximum atomic E-state index is 12.3. The van der Waals surface area contributed by atoms with Crippen LogP contribution in [0.2, 0.25) is 0 Å². The van der Waals surface area contributed by atoms with Crippen molar-refractivity contribution in [2.45, 2.75) is 32.6 Å². The molecule has 0 saturated carbocycles. The second-order valence-electron chi connectivity index (χ2n) is 7.09. The SMILES string of the molecule is CNCC1CCN(C(=O)COc2ccccc2C(C)(C)C)C1.Cl. The van der Waals surface area contributed by atoms with Gasteiger partial charge in [0.25, 0.3) is 5.91 Å². The minimum Gasteiger partial charge on any atom is -0.483 e. The molecule has 1 unspecified atom stereocenters. The molecule has 1 aliphatic rings. The summed E-state index contributed by atoms with van der Waals surface area (Å²) in [5.74, 6) is 1.47. The van der Waals surface area contributed by atoms with Crippen molar-refractivity contribution in [3.8, 4) is 5.75 Å². The molecule has 1 saturated heterocycles. The van der Waals surface area contributed by atoms with Gasteiger partial charge in [0, 0.05) is 13.1 Å². The van der Waals surface area contributed by atoms with Crippen LogP contribution >= 0.6 is 12.4 Å². The number of hydrogen-bond donors (Lipinski definition) is 1. The molecule has 0 radical (unpaired) electrons. The molecule has 1 heterocycles. The van der Waals surface area contributed by atoms with Crippen LogP contribution in [-0.4, -0.2) is 44.1 Å². The van der Waals surface area contributed by atoms with Gasteiger partial charge in [-0.05, 0) is 43.0 Å². The molecule has 1 aromatic carbocycles. The van der Waals surface area contributed by atoms with E-state index in [0.717, 1.165) is 37.4 Å². The lowest BCUT2D eigenvalue weighted by atomic mass is 9.86. The normalized spacial score (nSPS) is 17.7. The number of halogens is 1. The molecule has 4 nitrogen and oxygen atoms in total. The quantitative estimate of drug-likeness (QED) is 0.896. The number of amides is 1. The number of nitrogens with zero attached hydrogens (tertiary/aromatic N) is 1. The van der Waals surface area contributed by atoms with E-state index in [1.807, 2.05) is 30.1 Å². The standard InChI is InChI=1S/C18H28N2O2.ClH/c1-18(2,3)15-7-5-6-8-16(15)22-13-17(21)20-10-9-14(12-20)11-19-4;/h5-8,14,19H,9-13H2,1-4H3;1H. The van der Waals surface area contributed by atoms with Crippen LogP contribution < -0.4 is 10.1 Å². The lowest BCUT2D eigenvalue weighted by Crippen LogP contribution is -2.34. The van der Waals surface area contributed by atoms with Crippen molar-refractivity contribution in [1.29, 1.82) is 0 Å². The van der Waals surface area contributed by atoms with Gasteiger partial charge in [-0.25, -0.2) is 0 Å². The predicted molar refractivity (Wildman–Crippen MR) is 96.5 cm³/mol. The van der Waals surface area contributed by atoms with E-state index in [-0.39, 0.29) is 30.3 Å². The van der Waals surface area contributed by atoms with Gasteiger partial charge in [0.2, 0.25) is 0 Å². The Kier molecular flexibility index (Phi) is 7.36. The third-order valence-electron chi connectivity index (χ3n) is 4.18. The third kappa shape index (κ3) is 5.40. The molecule has 1 aromatic rings. The van der Waals surface area contributed by atoms with Gasteiger partial charge < -0.3 is 15.0 Å². The van der Waals surface area contributed by atoms with Crippen molar-refractivity contribution >= 4 is 18.3 Å². The summed E-state index contributed by atoms with van der Waals surface area (Å²) in [6, 6.07) is 7.98. The smallest absolute Gasteiger partial charge is 0.260 e. The van der Waals surface area contributed by atoms with E-state index in [9.17, 15) is 4.79 Å². The lowest BCUT2D eigenvalue weighted by molar-refractivity contribution is -0.132. The second-order valence-corrected chi connectivity index (χ2v) is 7.09. The molecule has 1 fully saturated rings. The molecule has 2 rings (SSSR count). The molecule has 0 spiro atoms. The summed E-state index contributed by atoms with van der Waals surface area (Å²) in [7, 11) is 1.96. The Labute approximate surface area is 146 Å². The van der Waals surface area contributed by atoms with Crippen LogP contribution in [0, 0.1) is 5.92 Å². The average molecular weight is 341 g/mol. The van der Waals surface area contributed by atoms with Crippen LogP contribution in [0.1, 0.15) is 32.8 Å². The molecular formula is C18H29ClN2O2. The molecule has 130 valence electrons. The highest BCUT2D eigenvalue weighted by Gasteiger charge is 2.26. The van der Waals surface area contributed by atoms with Gasteiger partial charge in [-0.1, -0.05) is 39.0 Å². The van der Waals surface area contributed by atoms with E-state index < -0.39 is 0 Å². The van der Waals surface area contributed by atoms with Crippen LogP contribution in [0.3, 0.4) is 0 Å². The Morgan fingerprint density at radius 2 is 2.04 bits per heavy atom. The number of likely N-dealkylation sites (tertiary alicyclic amines) is 1. The van der Waals surface area contributed by atoms with Crippen molar-refractivity contribution in [3.05, 3.63) is 29.8 Å². The van der Waals surface area contributed by atoms with Gasteiger partial charge in [-0.15, -0.1) is 12.4 Å². The van der Waals surface area contributed by atoms with E-state index in [1.165, 1.54) is 0 Å². The number of carbonyl (C=O) groups excluding carboxylic acids is 1. The highest BCUT2D eigenvalue weighted by molar-refractivity contribution is 5.85. The van der Waals surface area contributed by atoms with Crippen molar-refractivity contribution in [2.24, 2.45) is 5.92 Å². The molecule has 1 N–H and O–H groups in total. The summed E-state index contributed by atoms with van der Waals surface area (Å²) in [4.78, 5) is 14.2. The van der Waals surface area contributed by atoms with Gasteiger partial charge in [0.1, 0.15) is 5.75 Å². The van der Waals surface area contributed by atoms with Crippen molar-refractivity contribution < 1.29 is 9.53 Å². The van der Waals surface area contributed by atoms with Crippen LogP contribution in [0.4, 0.5) is 0 Å². The van der Waals surface area contributed by atoms with Crippen LogP contribution in [0.5, 0.6) is 5.75 Å². The van der Waals surface area contributed by atoms with Gasteiger partial charge in [-0.3, -0.25) is 4.79 Å². The van der Waals surface area contributed by atoms with E-state index in [0.29, 0.717) is 5.92 Å². The molecule has 1 atom stereocenters. The van der Waals surface area contributed by atoms with E-state index in [4.69, 9.17) is 4.74 Å². The van der Waals surface area contributed by atoms with E-state index in [1.54, 1.807) is 0 Å². The summed E-state index contributed by atoms with van der Waals surface area (Å²) >= 11 is 0. The first-order valence-corrected chi connectivity index (χ1v) is 8.06. The zero-order valence-electron chi connectivity index (χ0n) is 14.6. The number of para-hydroxylation sites is 1. The minimum absolute atomic E-state index is 0. The number of rotatable bonds is 5. The summed E-state index contributed by atoms with van der Waals surface area (Å²) in [5.41, 5.74) is 1.14. The zero-order chi connectivity index (χ0) is 16.2. The molecule has 5 heteroatoms. The molecular weight excluding hydrogens is 312 g/mol. The number of carbonyl (C=O) groups is 1. The Hall–Kier alpha value is -1.26. The lowest BCUT2D eigenvalue weighted by Gasteiger charge is -2.23. The molecule has 23 heavy (non-hydrogen) atoms. The van der Waals surface area contributed by atoms with Crippen molar-refractivity contribution in [1.82, 2.24) is 10.2 Å². The maximum Gasteiger partial charge on any atom is 0.260 e. The molecule has 1 aliphatic heterocycles. The van der Waals surface area contributed by atoms with Gasteiger partial charge in [0.15, 0.2) is 6.61 Å². The number of benzene rings is 1. The first-order valence-electron chi connectivity index (χ1n) is 8.06. The number of nitrogens with one attached hydrogen (secondary N) is 1. The summed E-state index contributed by atoms with van der Waals surface area (Å²) in [5, 5.41) is 3.18. The van der Waals surface area contributed by atoms with Gasteiger partial charge >= 0.3 is 0 Å². The van der Waals surface area contributed by atoms with Gasteiger partial charge in [-0.2, -0.15) is 0 Å². The molecule has 0 aromatic heterocycles. The largest absolute Gasteiger partial charge is 0.483 e. The topological polar surface area (TPSA) is 41.6 Å². The fourth-order valence-corrected chi connectivity index (χ4v) is 2.96.